The van der Waals surface area contributed by atoms with Gasteiger partial charge < -0.3 is 5.32 Å². The molecule has 0 amide bonds. The van der Waals surface area contributed by atoms with E-state index in [9.17, 15) is 0 Å². The van der Waals surface area contributed by atoms with Crippen LogP contribution in [0.4, 0.5) is 5.69 Å². The van der Waals surface area contributed by atoms with Crippen LogP contribution in [0.25, 0.3) is 0 Å². The first kappa shape index (κ1) is 6.74. The Kier molecular flexibility index (Phi) is 1.59. The van der Waals surface area contributed by atoms with Crippen LogP contribution in [0.15, 0.2) is 24.4 Å². The lowest BCUT2D eigenvalue weighted by atomic mass is 10.1. The smallest absolute Gasteiger partial charge is 0.0510 e. The number of rotatable bonds is 0. The number of nitrogens with one attached hydrogen (secondary N) is 1. The third-order valence-electron chi connectivity index (χ3n) is 1.71. The summed E-state index contributed by atoms with van der Waals surface area (Å²) in [7, 11) is 0. The van der Waals surface area contributed by atoms with E-state index in [4.69, 9.17) is 11.6 Å². The van der Waals surface area contributed by atoms with Crippen molar-refractivity contribution in [3.8, 4) is 0 Å². The van der Waals surface area contributed by atoms with E-state index >= 15 is 0 Å². The lowest BCUT2D eigenvalue weighted by molar-refractivity contribution is 1.22. The van der Waals surface area contributed by atoms with Crippen LogP contribution in [0.3, 0.4) is 0 Å². The van der Waals surface area contributed by atoms with E-state index in [2.05, 4.69) is 11.4 Å². The quantitative estimate of drug-likeness (QED) is 0.622. The van der Waals surface area contributed by atoms with Crippen molar-refractivity contribution in [3.63, 3.8) is 0 Å². The molecule has 2 rings (SSSR count). The second-order valence-electron chi connectivity index (χ2n) is 2.43. The Morgan fingerprint density at radius 3 is 3.27 bits per heavy atom. The molecule has 0 bridgehead atoms. The summed E-state index contributed by atoms with van der Waals surface area (Å²) in [5, 5.41) is 3.90. The van der Waals surface area contributed by atoms with Gasteiger partial charge in [-0.2, -0.15) is 0 Å². The minimum atomic E-state index is 0.815. The van der Waals surface area contributed by atoms with Gasteiger partial charge in [-0.25, -0.2) is 0 Å². The molecule has 1 aliphatic heterocycles. The van der Waals surface area contributed by atoms with Gasteiger partial charge in [0.1, 0.15) is 0 Å². The van der Waals surface area contributed by atoms with Crippen LogP contribution in [-0.2, 0) is 6.42 Å². The Labute approximate surface area is 70.7 Å². The molecule has 0 saturated carbocycles. The molecule has 11 heavy (non-hydrogen) atoms. The maximum Gasteiger partial charge on any atom is 0.0510 e. The fourth-order valence-corrected chi connectivity index (χ4v) is 1.39. The van der Waals surface area contributed by atoms with Gasteiger partial charge in [-0.15, -0.1) is 0 Å². The van der Waals surface area contributed by atoms with Crippen molar-refractivity contribution in [3.05, 3.63) is 41.1 Å². The maximum absolute atomic E-state index is 5.95. The molecule has 0 fully saturated rings. The first-order valence-corrected chi connectivity index (χ1v) is 3.86. The van der Waals surface area contributed by atoms with Crippen molar-refractivity contribution in [2.45, 2.75) is 6.42 Å². The monoisotopic (exact) mass is 164 g/mol. The van der Waals surface area contributed by atoms with Gasteiger partial charge in [0, 0.05) is 11.1 Å². The average molecular weight is 165 g/mol. The minimum Gasteiger partial charge on any atom is -0.361 e. The Balaban J connectivity index is 2.54. The summed E-state index contributed by atoms with van der Waals surface area (Å²) in [4.78, 5) is 0. The number of hydrogen-bond donors (Lipinski definition) is 1. The molecule has 1 N–H and O–H groups in total. The number of anilines is 1. The van der Waals surface area contributed by atoms with E-state index in [-0.39, 0.29) is 0 Å². The number of hydrogen-bond acceptors (Lipinski definition) is 1. The van der Waals surface area contributed by atoms with Gasteiger partial charge in [0.2, 0.25) is 0 Å². The lowest BCUT2D eigenvalue weighted by Gasteiger charge is -2.12. The van der Waals surface area contributed by atoms with Crippen LogP contribution in [0.1, 0.15) is 5.56 Å². The fourth-order valence-electron chi connectivity index (χ4n) is 1.15. The Morgan fingerprint density at radius 2 is 2.45 bits per heavy atom. The first-order chi connectivity index (χ1) is 5.38. The Hall–Kier alpha value is -0.950. The summed E-state index contributed by atoms with van der Waals surface area (Å²) < 4.78 is 0. The molecule has 1 heterocycles. The molecule has 0 atom stereocenters. The molecule has 1 nitrogen and oxygen atoms in total. The lowest BCUT2D eigenvalue weighted by Crippen LogP contribution is -1.99. The zero-order valence-electron chi connectivity index (χ0n) is 5.89. The van der Waals surface area contributed by atoms with Gasteiger partial charge in [0.15, 0.2) is 0 Å². The van der Waals surface area contributed by atoms with E-state index in [1.165, 1.54) is 0 Å². The highest BCUT2D eigenvalue weighted by molar-refractivity contribution is 6.31. The number of halogens is 1. The van der Waals surface area contributed by atoms with Crippen LogP contribution in [-0.4, -0.2) is 0 Å². The maximum atomic E-state index is 5.95. The molecule has 0 saturated heterocycles. The summed E-state index contributed by atoms with van der Waals surface area (Å²) in [6, 6.07) is 6.77. The van der Waals surface area contributed by atoms with Gasteiger partial charge in [-0.1, -0.05) is 23.7 Å². The van der Waals surface area contributed by atoms with E-state index in [1.807, 2.05) is 24.4 Å². The second kappa shape index (κ2) is 2.59. The van der Waals surface area contributed by atoms with Crippen LogP contribution >= 0.6 is 11.6 Å². The summed E-state index contributed by atoms with van der Waals surface area (Å²) in [6.45, 7) is 0. The molecule has 1 aliphatic rings. The van der Waals surface area contributed by atoms with E-state index < -0.39 is 0 Å². The minimum absolute atomic E-state index is 0.815. The molecular formula is C9H7ClN. The molecular weight excluding hydrogens is 158 g/mol. The van der Waals surface area contributed by atoms with E-state index in [1.54, 1.807) is 0 Å². The molecule has 0 spiro atoms. The summed E-state index contributed by atoms with van der Waals surface area (Å²) >= 11 is 5.95. The topological polar surface area (TPSA) is 12.0 Å². The van der Waals surface area contributed by atoms with Crippen molar-refractivity contribution < 1.29 is 0 Å². The van der Waals surface area contributed by atoms with Crippen LogP contribution < -0.4 is 5.32 Å². The predicted octanol–water partition coefficient (Wildman–Crippen LogP) is 2.62. The van der Waals surface area contributed by atoms with Crippen molar-refractivity contribution >= 4 is 17.3 Å². The predicted molar refractivity (Wildman–Crippen MR) is 46.8 cm³/mol. The Morgan fingerprint density at radius 1 is 1.55 bits per heavy atom. The molecule has 0 aliphatic carbocycles. The molecule has 0 aromatic heterocycles. The van der Waals surface area contributed by atoms with Crippen molar-refractivity contribution in [1.82, 2.24) is 0 Å². The number of benzene rings is 1. The van der Waals surface area contributed by atoms with Gasteiger partial charge in [-0.3, -0.25) is 0 Å². The highest BCUT2D eigenvalue weighted by Gasteiger charge is 2.06. The molecule has 2 heteroatoms. The number of allylic oxidation sites excluding steroid dienone is 1. The van der Waals surface area contributed by atoms with Gasteiger partial charge >= 0.3 is 0 Å². The van der Waals surface area contributed by atoms with Crippen LogP contribution in [0.2, 0.25) is 5.02 Å². The molecule has 55 valence electrons. The SMILES string of the molecule is Clc1cc[c]c2c1CC=CN2. The zero-order valence-corrected chi connectivity index (χ0v) is 6.65. The number of fused-ring (bicyclic) bond motifs is 1. The second-order valence-corrected chi connectivity index (χ2v) is 2.84. The van der Waals surface area contributed by atoms with Crippen LogP contribution in [0, 0.1) is 6.07 Å². The molecule has 1 radical (unpaired) electrons. The van der Waals surface area contributed by atoms with Crippen LogP contribution in [0.5, 0.6) is 0 Å². The largest absolute Gasteiger partial charge is 0.361 e. The molecule has 1 aromatic carbocycles. The summed E-state index contributed by atoms with van der Waals surface area (Å²) in [5.74, 6) is 0. The third-order valence-corrected chi connectivity index (χ3v) is 2.07. The first-order valence-electron chi connectivity index (χ1n) is 3.48. The fraction of sp³-hybridized carbons (Fsp3) is 0.111. The highest BCUT2D eigenvalue weighted by atomic mass is 35.5. The van der Waals surface area contributed by atoms with E-state index in [0.717, 1.165) is 22.7 Å². The molecule has 1 aromatic rings. The molecule has 0 unspecified atom stereocenters. The normalized spacial score (nSPS) is 13.9. The van der Waals surface area contributed by atoms with Gasteiger partial charge in [0.25, 0.3) is 0 Å². The van der Waals surface area contributed by atoms with Gasteiger partial charge in [0.05, 0.1) is 5.69 Å². The summed E-state index contributed by atoms with van der Waals surface area (Å²) in [5.41, 5.74) is 2.14. The zero-order chi connectivity index (χ0) is 7.68. The third kappa shape index (κ3) is 1.12. The van der Waals surface area contributed by atoms with Gasteiger partial charge in [-0.05, 0) is 24.3 Å². The summed E-state index contributed by atoms with van der Waals surface area (Å²) in [6.07, 6.45) is 4.86. The van der Waals surface area contributed by atoms with Crippen molar-refractivity contribution in [2.24, 2.45) is 0 Å². The van der Waals surface area contributed by atoms with E-state index in [0.29, 0.717) is 0 Å². The van der Waals surface area contributed by atoms with Crippen molar-refractivity contribution in [2.75, 3.05) is 5.32 Å². The van der Waals surface area contributed by atoms with Crippen molar-refractivity contribution in [1.29, 1.82) is 0 Å². The standard InChI is InChI=1S/C9H7ClN/c10-8-4-1-5-9-7(8)3-2-6-11-9/h1-2,4,6,11H,3H2. The average Bonchev–Trinajstić information content (AvgIpc) is 2.06. The Bertz CT molecular complexity index is 304. The highest BCUT2D eigenvalue weighted by Crippen LogP contribution is 2.26.